The number of phenols is 1. The number of allylic oxidation sites excluding steroid dienone is 4. The first-order valence-corrected chi connectivity index (χ1v) is 7.94. The fraction of sp³-hybridized carbons (Fsp3) is 0.316. The predicted octanol–water partition coefficient (Wildman–Crippen LogP) is 4.23. The molecule has 1 aromatic carbocycles. The van der Waals surface area contributed by atoms with Crippen molar-refractivity contribution in [2.75, 3.05) is 6.54 Å². The van der Waals surface area contributed by atoms with E-state index in [1.165, 1.54) is 0 Å². The minimum Gasteiger partial charge on any atom is -0.506 e. The van der Waals surface area contributed by atoms with Gasteiger partial charge >= 0.3 is 0 Å². The molecule has 2 N–H and O–H groups in total. The summed E-state index contributed by atoms with van der Waals surface area (Å²) in [7, 11) is 0. The Hall–Kier alpha value is -2.53. The minimum atomic E-state index is -0.244. The highest BCUT2D eigenvalue weighted by Gasteiger charge is 2.14. The van der Waals surface area contributed by atoms with Crippen LogP contribution in [-0.2, 0) is 11.2 Å². The number of azo groups is 1. The smallest absolute Gasteiger partial charge is 0.147 e. The molecule has 0 saturated heterocycles. The summed E-state index contributed by atoms with van der Waals surface area (Å²) in [6.45, 7) is 9.71. The lowest BCUT2D eigenvalue weighted by Gasteiger charge is -2.15. The van der Waals surface area contributed by atoms with Crippen LogP contribution >= 0.6 is 0 Å². The average molecular weight is 327 g/mol. The molecule has 0 aliphatic rings. The first-order valence-electron chi connectivity index (χ1n) is 7.94. The number of rotatable bonds is 9. The molecule has 0 fully saturated rings. The zero-order chi connectivity index (χ0) is 17.9. The second-order valence-electron chi connectivity index (χ2n) is 5.26. The summed E-state index contributed by atoms with van der Waals surface area (Å²) < 4.78 is 0. The van der Waals surface area contributed by atoms with Crippen LogP contribution in [0.3, 0.4) is 0 Å². The van der Waals surface area contributed by atoms with Crippen LogP contribution in [-0.4, -0.2) is 23.5 Å². The van der Waals surface area contributed by atoms with Crippen molar-refractivity contribution >= 4 is 11.5 Å². The highest BCUT2D eigenvalue weighted by Crippen LogP contribution is 2.28. The van der Waals surface area contributed by atoms with Gasteiger partial charge in [0.25, 0.3) is 0 Å². The molecule has 1 aromatic rings. The van der Waals surface area contributed by atoms with Crippen molar-refractivity contribution in [2.24, 2.45) is 10.2 Å². The molecule has 0 bridgehead atoms. The van der Waals surface area contributed by atoms with Gasteiger partial charge in [-0.25, -0.2) is 0 Å². The van der Waals surface area contributed by atoms with Crippen LogP contribution in [0.15, 0.2) is 65.0 Å². The van der Waals surface area contributed by atoms with Gasteiger partial charge in [0, 0.05) is 0 Å². The quantitative estimate of drug-likeness (QED) is 0.526. The van der Waals surface area contributed by atoms with E-state index < -0.39 is 0 Å². The Kier molecular flexibility index (Phi) is 8.36. The third kappa shape index (κ3) is 6.30. The van der Waals surface area contributed by atoms with Crippen LogP contribution in [0.1, 0.15) is 26.3 Å². The van der Waals surface area contributed by atoms with Gasteiger partial charge in [0.05, 0.1) is 11.7 Å². The monoisotopic (exact) mass is 327 g/mol. The molecule has 0 amide bonds. The summed E-state index contributed by atoms with van der Waals surface area (Å²) >= 11 is 0. The minimum absolute atomic E-state index is 0.0495. The molecule has 5 heteroatoms. The van der Waals surface area contributed by atoms with Crippen molar-refractivity contribution in [3.63, 3.8) is 0 Å². The van der Waals surface area contributed by atoms with E-state index in [2.05, 4.69) is 22.1 Å². The second kappa shape index (κ2) is 10.3. The van der Waals surface area contributed by atoms with Crippen molar-refractivity contribution in [1.29, 1.82) is 0 Å². The average Bonchev–Trinajstić information content (AvgIpc) is 2.57. The number of hydrogen-bond donors (Lipinski definition) is 2. The summed E-state index contributed by atoms with van der Waals surface area (Å²) in [6, 6.07) is 4.86. The van der Waals surface area contributed by atoms with E-state index in [0.29, 0.717) is 17.8 Å². The van der Waals surface area contributed by atoms with Crippen LogP contribution in [0.2, 0.25) is 0 Å². The van der Waals surface area contributed by atoms with Gasteiger partial charge in [0.2, 0.25) is 0 Å². The Labute approximate surface area is 143 Å². The number of hydrogen-bond acceptors (Lipinski definition) is 5. The maximum absolute atomic E-state index is 11.7. The molecule has 0 aliphatic heterocycles. The Balaban J connectivity index is 2.99. The number of aromatic hydroxyl groups is 1. The number of benzene rings is 1. The lowest BCUT2D eigenvalue weighted by molar-refractivity contribution is -0.118. The lowest BCUT2D eigenvalue weighted by atomic mass is 10.0. The van der Waals surface area contributed by atoms with E-state index in [1.54, 1.807) is 49.4 Å². The Morgan fingerprint density at radius 3 is 2.79 bits per heavy atom. The fourth-order valence-corrected chi connectivity index (χ4v) is 2.08. The van der Waals surface area contributed by atoms with Gasteiger partial charge in [0.1, 0.15) is 17.2 Å². The van der Waals surface area contributed by atoms with E-state index in [1.807, 2.05) is 13.8 Å². The molecule has 1 rings (SSSR count). The molecule has 0 radical (unpaired) electrons. The van der Waals surface area contributed by atoms with Gasteiger partial charge in [-0.3, -0.25) is 4.79 Å². The van der Waals surface area contributed by atoms with Crippen molar-refractivity contribution in [3.05, 3.63) is 60.3 Å². The summed E-state index contributed by atoms with van der Waals surface area (Å²) in [5.41, 5.74) is 1.94. The number of Topliss-reactive ketones (excluding diaryl/α,β-unsaturated/α-hetero) is 1. The Bertz CT molecular complexity index is 661. The third-order valence-electron chi connectivity index (χ3n) is 3.39. The van der Waals surface area contributed by atoms with Crippen molar-refractivity contribution in [2.45, 2.75) is 33.2 Å². The maximum atomic E-state index is 11.7. The van der Waals surface area contributed by atoms with Crippen molar-refractivity contribution in [3.8, 4) is 5.75 Å². The topological polar surface area (TPSA) is 74.0 Å². The standard InChI is InChI=1S/C19H25N3O2/c1-5-8-9-16(6-2)21-22-18-13-15(10-11-19(18)24)12-17(14(4)23)20-7-3/h5-6,8-11,13,17,20,24H,1,7,12H2,2-4H3/b9-8-,16-6+,22-21?. The third-order valence-corrected chi connectivity index (χ3v) is 3.39. The SMILES string of the molecule is C=C/C=C\C(=C/C)N=Nc1cc(CC(NCC)C(C)=O)ccc1O. The van der Waals surface area contributed by atoms with Crippen molar-refractivity contribution < 1.29 is 9.90 Å². The molecular weight excluding hydrogens is 302 g/mol. The molecule has 0 aliphatic carbocycles. The molecule has 24 heavy (non-hydrogen) atoms. The van der Waals surface area contributed by atoms with Gasteiger partial charge in [-0.1, -0.05) is 37.8 Å². The van der Waals surface area contributed by atoms with E-state index >= 15 is 0 Å². The maximum Gasteiger partial charge on any atom is 0.147 e. The van der Waals surface area contributed by atoms with Crippen LogP contribution in [0.4, 0.5) is 5.69 Å². The number of nitrogens with zero attached hydrogens (tertiary/aromatic N) is 2. The first-order chi connectivity index (χ1) is 11.5. The molecule has 128 valence electrons. The normalized spacial score (nSPS) is 13.5. The van der Waals surface area contributed by atoms with Crippen LogP contribution < -0.4 is 5.32 Å². The number of phenolic OH excluding ortho intramolecular Hbond substituents is 1. The molecule has 0 aromatic heterocycles. The second-order valence-corrected chi connectivity index (χ2v) is 5.26. The molecule has 0 saturated carbocycles. The molecule has 1 atom stereocenters. The van der Waals surface area contributed by atoms with Crippen LogP contribution in [0.25, 0.3) is 0 Å². The number of nitrogens with one attached hydrogen (secondary N) is 1. The van der Waals surface area contributed by atoms with Crippen LogP contribution in [0, 0.1) is 0 Å². The summed E-state index contributed by atoms with van der Waals surface area (Å²) in [6.07, 6.45) is 7.53. The lowest BCUT2D eigenvalue weighted by Crippen LogP contribution is -2.37. The van der Waals surface area contributed by atoms with Gasteiger partial charge in [-0.15, -0.1) is 5.11 Å². The summed E-state index contributed by atoms with van der Waals surface area (Å²) in [5.74, 6) is 0.132. The highest BCUT2D eigenvalue weighted by atomic mass is 16.3. The van der Waals surface area contributed by atoms with Gasteiger partial charge in [-0.05, 0) is 50.6 Å². The molecule has 0 spiro atoms. The van der Waals surface area contributed by atoms with Gasteiger partial charge in [-0.2, -0.15) is 5.11 Å². The Morgan fingerprint density at radius 2 is 2.21 bits per heavy atom. The first kappa shape index (κ1) is 19.5. The zero-order valence-corrected chi connectivity index (χ0v) is 14.5. The molecular formula is C19H25N3O2. The van der Waals surface area contributed by atoms with Crippen LogP contribution in [0.5, 0.6) is 5.75 Å². The summed E-state index contributed by atoms with van der Waals surface area (Å²) in [5, 5.41) is 21.3. The van der Waals surface area contributed by atoms with E-state index in [-0.39, 0.29) is 17.6 Å². The summed E-state index contributed by atoms with van der Waals surface area (Å²) in [4.78, 5) is 11.7. The number of likely N-dealkylation sites (N-methyl/N-ethyl adjacent to an activating group) is 1. The number of ketones is 1. The van der Waals surface area contributed by atoms with E-state index in [0.717, 1.165) is 12.1 Å². The van der Waals surface area contributed by atoms with E-state index in [9.17, 15) is 9.90 Å². The molecule has 0 heterocycles. The largest absolute Gasteiger partial charge is 0.506 e. The van der Waals surface area contributed by atoms with E-state index in [4.69, 9.17) is 0 Å². The number of carbonyl (C=O) groups is 1. The molecule has 5 nitrogen and oxygen atoms in total. The highest BCUT2D eigenvalue weighted by molar-refractivity contribution is 5.81. The molecule has 1 unspecified atom stereocenters. The predicted molar refractivity (Wildman–Crippen MR) is 97.6 cm³/mol. The Morgan fingerprint density at radius 1 is 1.46 bits per heavy atom. The fourth-order valence-electron chi connectivity index (χ4n) is 2.08. The van der Waals surface area contributed by atoms with Gasteiger partial charge < -0.3 is 10.4 Å². The zero-order valence-electron chi connectivity index (χ0n) is 14.5. The van der Waals surface area contributed by atoms with Crippen molar-refractivity contribution in [1.82, 2.24) is 5.32 Å². The van der Waals surface area contributed by atoms with Gasteiger partial charge in [0.15, 0.2) is 0 Å². The number of carbonyl (C=O) groups excluding carboxylic acids is 1.